The maximum absolute atomic E-state index is 13.4. The molecular formula is C24H25N5O2S. The number of fused-ring (bicyclic) bond motifs is 6. The van der Waals surface area contributed by atoms with Gasteiger partial charge in [0.15, 0.2) is 5.65 Å². The van der Waals surface area contributed by atoms with Crippen molar-refractivity contribution in [2.45, 2.75) is 6.92 Å². The Morgan fingerprint density at radius 2 is 1.88 bits per heavy atom. The van der Waals surface area contributed by atoms with Crippen molar-refractivity contribution < 1.29 is 4.79 Å². The molecular weight excluding hydrogens is 422 g/mol. The fraction of sp³-hybridized carbons (Fsp3) is 0.375. The molecule has 1 amide bonds. The van der Waals surface area contributed by atoms with E-state index in [9.17, 15) is 9.59 Å². The first-order valence-electron chi connectivity index (χ1n) is 11.1. The Kier molecular flexibility index (Phi) is 4.48. The summed E-state index contributed by atoms with van der Waals surface area (Å²) in [7, 11) is 2.19. The van der Waals surface area contributed by atoms with Crippen LogP contribution in [-0.4, -0.2) is 60.0 Å². The van der Waals surface area contributed by atoms with Gasteiger partial charge in [0.2, 0.25) is 5.43 Å². The molecule has 0 saturated carbocycles. The highest BCUT2D eigenvalue weighted by molar-refractivity contribution is 7.24. The summed E-state index contributed by atoms with van der Waals surface area (Å²) in [5.41, 5.74) is 1.54. The van der Waals surface area contributed by atoms with E-state index in [1.54, 1.807) is 0 Å². The van der Waals surface area contributed by atoms with Gasteiger partial charge in [-0.25, -0.2) is 4.98 Å². The number of benzene rings is 1. The summed E-state index contributed by atoms with van der Waals surface area (Å²) < 4.78 is 3.02. The Bertz CT molecular complexity index is 1430. The summed E-state index contributed by atoms with van der Waals surface area (Å²) in [5, 5.41) is 3.29. The number of hydrogen-bond acceptors (Lipinski definition) is 6. The van der Waals surface area contributed by atoms with Crippen LogP contribution >= 0.6 is 11.3 Å². The fourth-order valence-corrected chi connectivity index (χ4v) is 6.60. The van der Waals surface area contributed by atoms with Crippen molar-refractivity contribution >= 4 is 49.1 Å². The summed E-state index contributed by atoms with van der Waals surface area (Å²) in [5.74, 6) is 1.91. The molecule has 8 heteroatoms. The Morgan fingerprint density at radius 3 is 2.62 bits per heavy atom. The summed E-state index contributed by atoms with van der Waals surface area (Å²) in [6, 6.07) is 11.8. The smallest absolute Gasteiger partial charge is 0.258 e. The summed E-state index contributed by atoms with van der Waals surface area (Å²) >= 11 is 1.47. The van der Waals surface area contributed by atoms with Gasteiger partial charge in [-0.3, -0.25) is 14.0 Å². The molecule has 3 aromatic heterocycles. The van der Waals surface area contributed by atoms with Gasteiger partial charge in [0.05, 0.1) is 15.6 Å². The van der Waals surface area contributed by atoms with Crippen molar-refractivity contribution in [2.24, 2.45) is 11.8 Å². The van der Waals surface area contributed by atoms with Crippen LogP contribution in [0.1, 0.15) is 17.3 Å². The molecule has 0 spiro atoms. The van der Waals surface area contributed by atoms with Crippen LogP contribution in [0.5, 0.6) is 0 Å². The molecule has 2 unspecified atom stereocenters. The average Bonchev–Trinajstić information content (AvgIpc) is 3.44. The molecule has 0 aliphatic carbocycles. The number of carbonyl (C=O) groups excluding carboxylic acids is 1. The van der Waals surface area contributed by atoms with Gasteiger partial charge in [-0.05, 0) is 50.1 Å². The first kappa shape index (κ1) is 19.7. The largest absolute Gasteiger partial charge is 0.356 e. The highest BCUT2D eigenvalue weighted by Gasteiger charge is 2.39. The highest BCUT2D eigenvalue weighted by Crippen LogP contribution is 2.34. The van der Waals surface area contributed by atoms with Crippen molar-refractivity contribution in [3.05, 3.63) is 52.2 Å². The van der Waals surface area contributed by atoms with Gasteiger partial charge in [-0.1, -0.05) is 12.1 Å². The van der Waals surface area contributed by atoms with Gasteiger partial charge < -0.3 is 15.1 Å². The number of likely N-dealkylation sites (tertiary alicyclic amines) is 1. The number of amides is 1. The van der Waals surface area contributed by atoms with Crippen LogP contribution in [0.2, 0.25) is 0 Å². The standard InChI is InChI=1S/C24H25N5O2S/c1-3-25-23(31)20-21(30)16-8-9-19(28-12-14-10-27(2)11-15(14)13-28)26-22(16)29-17-6-4-5-7-18(17)32-24(20)29/h4-9,14-15H,3,10-13H2,1-2H3,(H,25,31). The maximum atomic E-state index is 13.4. The first-order chi connectivity index (χ1) is 15.5. The molecule has 32 heavy (non-hydrogen) atoms. The lowest BCUT2D eigenvalue weighted by atomic mass is 10.0. The quantitative estimate of drug-likeness (QED) is 0.523. The number of nitrogens with one attached hydrogen (secondary N) is 1. The Labute approximate surface area is 189 Å². The summed E-state index contributed by atoms with van der Waals surface area (Å²) in [6.45, 7) is 6.57. The number of rotatable bonds is 3. The van der Waals surface area contributed by atoms with Crippen molar-refractivity contribution in [1.29, 1.82) is 0 Å². The molecule has 1 N–H and O–H groups in total. The van der Waals surface area contributed by atoms with Crippen LogP contribution < -0.4 is 15.6 Å². The SMILES string of the molecule is CCNC(=O)c1c(=O)c2ccc(N3CC4CN(C)CC4C3)nc2n2c1sc1ccccc12. The predicted molar refractivity (Wildman–Crippen MR) is 129 cm³/mol. The number of anilines is 1. The van der Waals surface area contributed by atoms with Gasteiger partial charge in [0.1, 0.15) is 16.2 Å². The van der Waals surface area contributed by atoms with Crippen LogP contribution in [0, 0.1) is 11.8 Å². The van der Waals surface area contributed by atoms with E-state index in [1.165, 1.54) is 11.3 Å². The fourth-order valence-electron chi connectivity index (χ4n) is 5.42. The van der Waals surface area contributed by atoms with E-state index in [0.29, 0.717) is 34.2 Å². The van der Waals surface area contributed by atoms with Gasteiger partial charge in [-0.2, -0.15) is 0 Å². The lowest BCUT2D eigenvalue weighted by Gasteiger charge is -2.21. The van der Waals surface area contributed by atoms with Crippen LogP contribution in [0.25, 0.3) is 26.1 Å². The molecule has 7 nitrogen and oxygen atoms in total. The summed E-state index contributed by atoms with van der Waals surface area (Å²) in [6.07, 6.45) is 0. The number of para-hydroxylation sites is 1. The molecule has 6 rings (SSSR count). The van der Waals surface area contributed by atoms with E-state index in [2.05, 4.69) is 22.2 Å². The van der Waals surface area contributed by atoms with E-state index < -0.39 is 0 Å². The lowest BCUT2D eigenvalue weighted by molar-refractivity contribution is 0.0956. The third-order valence-electron chi connectivity index (χ3n) is 6.83. The topological polar surface area (TPSA) is 70.0 Å². The van der Waals surface area contributed by atoms with Crippen LogP contribution in [0.3, 0.4) is 0 Å². The molecule has 5 heterocycles. The summed E-state index contributed by atoms with van der Waals surface area (Å²) in [4.78, 5) is 36.7. The van der Waals surface area contributed by atoms with E-state index in [1.807, 2.05) is 47.7 Å². The number of thiazole rings is 1. The Morgan fingerprint density at radius 1 is 1.12 bits per heavy atom. The second-order valence-corrected chi connectivity index (χ2v) is 9.99. The van der Waals surface area contributed by atoms with Crippen molar-refractivity contribution in [3.63, 3.8) is 0 Å². The monoisotopic (exact) mass is 447 g/mol. The molecule has 2 saturated heterocycles. The van der Waals surface area contributed by atoms with E-state index >= 15 is 0 Å². The van der Waals surface area contributed by atoms with Crippen molar-refractivity contribution in [3.8, 4) is 0 Å². The molecule has 1 aromatic carbocycles. The second kappa shape index (κ2) is 7.28. The third-order valence-corrected chi connectivity index (χ3v) is 7.98. The van der Waals surface area contributed by atoms with E-state index in [4.69, 9.17) is 4.98 Å². The van der Waals surface area contributed by atoms with Crippen molar-refractivity contribution in [1.82, 2.24) is 19.6 Å². The second-order valence-electron chi connectivity index (χ2n) is 8.96. The molecule has 2 aliphatic rings. The van der Waals surface area contributed by atoms with Gasteiger partial charge in [0.25, 0.3) is 5.91 Å². The highest BCUT2D eigenvalue weighted by atomic mass is 32.1. The van der Waals surface area contributed by atoms with Crippen LogP contribution in [0.4, 0.5) is 5.82 Å². The number of pyridine rings is 2. The van der Waals surface area contributed by atoms with Gasteiger partial charge in [-0.15, -0.1) is 11.3 Å². The molecule has 2 atom stereocenters. The zero-order valence-electron chi connectivity index (χ0n) is 18.2. The molecule has 2 aliphatic heterocycles. The van der Waals surface area contributed by atoms with E-state index in [0.717, 1.165) is 42.2 Å². The first-order valence-corrected chi connectivity index (χ1v) is 12.0. The molecule has 0 radical (unpaired) electrons. The number of carbonyl (C=O) groups is 1. The van der Waals surface area contributed by atoms with Crippen LogP contribution in [0.15, 0.2) is 41.2 Å². The minimum atomic E-state index is -0.330. The zero-order valence-corrected chi connectivity index (χ0v) is 19.0. The number of aromatic nitrogens is 2. The minimum Gasteiger partial charge on any atom is -0.356 e. The normalized spacial score (nSPS) is 21.1. The Balaban J connectivity index is 1.58. The minimum absolute atomic E-state index is 0.203. The zero-order chi connectivity index (χ0) is 22.0. The number of hydrogen-bond donors (Lipinski definition) is 1. The predicted octanol–water partition coefficient (Wildman–Crippen LogP) is 2.81. The molecule has 2 fully saturated rings. The van der Waals surface area contributed by atoms with Gasteiger partial charge >= 0.3 is 0 Å². The van der Waals surface area contributed by atoms with Gasteiger partial charge in [0, 0.05) is 32.7 Å². The molecule has 0 bridgehead atoms. The van der Waals surface area contributed by atoms with Crippen molar-refractivity contribution in [2.75, 3.05) is 44.7 Å². The van der Waals surface area contributed by atoms with E-state index in [-0.39, 0.29) is 16.9 Å². The number of nitrogens with zero attached hydrogens (tertiary/aromatic N) is 4. The Hall–Kier alpha value is -2.97. The molecule has 164 valence electrons. The van der Waals surface area contributed by atoms with Crippen LogP contribution in [-0.2, 0) is 0 Å². The third kappa shape index (κ3) is 2.86. The molecule has 4 aromatic rings. The maximum Gasteiger partial charge on any atom is 0.258 e. The average molecular weight is 448 g/mol. The lowest BCUT2D eigenvalue weighted by Crippen LogP contribution is -2.30.